The van der Waals surface area contributed by atoms with E-state index in [2.05, 4.69) is 10.1 Å². The zero-order valence-electron chi connectivity index (χ0n) is 18.2. The molecule has 1 atom stereocenters. The Bertz CT molecular complexity index is 734. The van der Waals surface area contributed by atoms with Crippen LogP contribution in [0.3, 0.4) is 0 Å². The predicted molar refractivity (Wildman–Crippen MR) is 108 cm³/mol. The Balaban J connectivity index is 2.25. The first kappa shape index (κ1) is 25.7. The molecule has 0 spiro atoms. The van der Waals surface area contributed by atoms with E-state index in [4.69, 9.17) is 18.9 Å². The molecule has 0 aliphatic rings. The molecule has 1 amide bonds. The van der Waals surface area contributed by atoms with Gasteiger partial charge in [0.2, 0.25) is 0 Å². The van der Waals surface area contributed by atoms with E-state index >= 15 is 0 Å². The molecule has 0 heterocycles. The molecule has 172 valence electrons. The van der Waals surface area contributed by atoms with Crippen LogP contribution in [0.15, 0.2) is 30.3 Å². The van der Waals surface area contributed by atoms with Crippen LogP contribution in [0.2, 0.25) is 0 Å². The molecule has 0 radical (unpaired) electrons. The van der Waals surface area contributed by atoms with E-state index in [1.54, 1.807) is 6.92 Å². The quantitative estimate of drug-likeness (QED) is 0.239. The summed E-state index contributed by atoms with van der Waals surface area (Å²) in [6.45, 7) is 5.94. The van der Waals surface area contributed by atoms with Gasteiger partial charge in [-0.1, -0.05) is 30.3 Å². The van der Waals surface area contributed by atoms with Crippen molar-refractivity contribution in [1.29, 1.82) is 0 Å². The second-order valence-corrected chi connectivity index (χ2v) is 6.86. The minimum Gasteiger partial charge on any atom is -0.461 e. The van der Waals surface area contributed by atoms with Gasteiger partial charge in [0, 0.05) is 20.3 Å². The number of hydrogen-bond acceptors (Lipinski definition) is 9. The lowest BCUT2D eigenvalue weighted by Gasteiger charge is -2.26. The molecule has 0 aliphatic heterocycles. The number of amides is 1. The molecule has 0 aromatic heterocycles. The Morgan fingerprint density at radius 3 is 2.32 bits per heavy atom. The highest BCUT2D eigenvalue weighted by Gasteiger charge is 2.31. The molecule has 31 heavy (non-hydrogen) atoms. The molecule has 1 aromatic carbocycles. The molecule has 0 saturated carbocycles. The minimum atomic E-state index is -1.63. The van der Waals surface area contributed by atoms with Gasteiger partial charge in [-0.25, -0.2) is 14.4 Å². The third-order valence-electron chi connectivity index (χ3n) is 3.63. The summed E-state index contributed by atoms with van der Waals surface area (Å²) >= 11 is 0. The van der Waals surface area contributed by atoms with Crippen LogP contribution in [0.25, 0.3) is 0 Å². The fourth-order valence-corrected chi connectivity index (χ4v) is 2.17. The molecular weight excluding hydrogens is 410 g/mol. The number of nitrogens with one attached hydrogen (secondary N) is 1. The number of carbonyl (C=O) groups excluding carboxylic acids is 4. The van der Waals surface area contributed by atoms with Gasteiger partial charge < -0.3 is 29.0 Å². The van der Waals surface area contributed by atoms with E-state index < -0.39 is 36.0 Å². The molecule has 0 saturated heterocycles. The van der Waals surface area contributed by atoms with Gasteiger partial charge in [0.15, 0.2) is 0 Å². The molecule has 1 N–H and O–H groups in total. The summed E-state index contributed by atoms with van der Waals surface area (Å²) in [4.78, 5) is 46.8. The first-order valence-corrected chi connectivity index (χ1v) is 9.84. The molecular formula is C21H29NO9. The Hall–Kier alpha value is -3.30. The topological polar surface area (TPSA) is 126 Å². The van der Waals surface area contributed by atoms with Gasteiger partial charge in [0.1, 0.15) is 12.6 Å². The molecule has 1 rings (SSSR count). The maximum Gasteiger partial charge on any atom is 0.511 e. The smallest absolute Gasteiger partial charge is 0.461 e. The largest absolute Gasteiger partial charge is 0.511 e. The highest BCUT2D eigenvalue weighted by atomic mass is 16.8. The SMILES string of the molecule is CCOC(=O)NC(C)C(=O)OC(C)(C)OC(=O)OCCCC(=O)OCc1ccccc1. The van der Waals surface area contributed by atoms with E-state index in [1.165, 1.54) is 20.8 Å². The molecule has 1 unspecified atom stereocenters. The Morgan fingerprint density at radius 2 is 1.68 bits per heavy atom. The van der Waals surface area contributed by atoms with Crippen LogP contribution in [0.4, 0.5) is 9.59 Å². The Labute approximate surface area is 181 Å². The van der Waals surface area contributed by atoms with E-state index in [1.807, 2.05) is 30.3 Å². The maximum atomic E-state index is 12.0. The van der Waals surface area contributed by atoms with Crippen LogP contribution < -0.4 is 5.32 Å². The Kier molecular flexibility index (Phi) is 10.9. The highest BCUT2D eigenvalue weighted by Crippen LogP contribution is 2.14. The van der Waals surface area contributed by atoms with Crippen molar-refractivity contribution >= 4 is 24.2 Å². The third-order valence-corrected chi connectivity index (χ3v) is 3.63. The summed E-state index contributed by atoms with van der Waals surface area (Å²) in [5.74, 6) is -2.88. The maximum absolute atomic E-state index is 12.0. The second kappa shape index (κ2) is 13.1. The summed E-state index contributed by atoms with van der Waals surface area (Å²) in [7, 11) is 0. The van der Waals surface area contributed by atoms with Crippen molar-refractivity contribution in [1.82, 2.24) is 5.32 Å². The van der Waals surface area contributed by atoms with Gasteiger partial charge >= 0.3 is 24.2 Å². The number of carbonyl (C=O) groups is 4. The monoisotopic (exact) mass is 439 g/mol. The lowest BCUT2D eigenvalue weighted by Crippen LogP contribution is -2.44. The van der Waals surface area contributed by atoms with Crippen LogP contribution in [0, 0.1) is 0 Å². The number of alkyl carbamates (subject to hydrolysis) is 1. The first-order valence-electron chi connectivity index (χ1n) is 9.84. The van der Waals surface area contributed by atoms with Crippen LogP contribution in [0.1, 0.15) is 46.1 Å². The number of hydrogen-bond donors (Lipinski definition) is 1. The van der Waals surface area contributed by atoms with Crippen molar-refractivity contribution in [3.05, 3.63) is 35.9 Å². The first-order chi connectivity index (χ1) is 14.6. The summed E-state index contributed by atoms with van der Waals surface area (Å²) in [6.07, 6.45) is -1.53. The predicted octanol–water partition coefficient (Wildman–Crippen LogP) is 3.08. The second-order valence-electron chi connectivity index (χ2n) is 6.86. The number of esters is 2. The van der Waals surface area contributed by atoms with Crippen LogP contribution in [-0.2, 0) is 39.9 Å². The summed E-state index contributed by atoms with van der Waals surface area (Å²) < 4.78 is 24.7. The van der Waals surface area contributed by atoms with Crippen LogP contribution >= 0.6 is 0 Å². The fraction of sp³-hybridized carbons (Fsp3) is 0.524. The van der Waals surface area contributed by atoms with Gasteiger partial charge in [-0.3, -0.25) is 4.79 Å². The van der Waals surface area contributed by atoms with Gasteiger partial charge in [0.25, 0.3) is 5.79 Å². The van der Waals surface area contributed by atoms with Crippen molar-refractivity contribution in [2.24, 2.45) is 0 Å². The zero-order chi connectivity index (χ0) is 23.3. The normalized spacial score (nSPS) is 11.6. The molecule has 0 aliphatic carbocycles. The number of ether oxygens (including phenoxy) is 5. The van der Waals surface area contributed by atoms with Gasteiger partial charge in [-0.15, -0.1) is 0 Å². The van der Waals surface area contributed by atoms with E-state index in [9.17, 15) is 19.2 Å². The molecule has 1 aromatic rings. The van der Waals surface area contributed by atoms with E-state index in [0.717, 1.165) is 5.56 Å². The van der Waals surface area contributed by atoms with Gasteiger partial charge in [-0.05, 0) is 25.8 Å². The summed E-state index contributed by atoms with van der Waals surface area (Å²) in [5, 5.41) is 2.28. The molecule has 10 heteroatoms. The van der Waals surface area contributed by atoms with E-state index in [-0.39, 0.29) is 32.7 Å². The molecule has 10 nitrogen and oxygen atoms in total. The van der Waals surface area contributed by atoms with E-state index in [0.29, 0.717) is 0 Å². The highest BCUT2D eigenvalue weighted by molar-refractivity contribution is 5.81. The standard InChI is InChI=1S/C21H29NO9/c1-5-27-19(25)22-15(2)18(24)30-21(3,4)31-20(26)28-13-9-12-17(23)29-14-16-10-7-6-8-11-16/h6-8,10-11,15H,5,9,12-14H2,1-4H3,(H,22,25). The van der Waals surface area contributed by atoms with Crippen LogP contribution in [-0.4, -0.2) is 49.2 Å². The lowest BCUT2D eigenvalue weighted by molar-refractivity contribution is -0.202. The average molecular weight is 439 g/mol. The zero-order valence-corrected chi connectivity index (χ0v) is 18.2. The van der Waals surface area contributed by atoms with Gasteiger partial charge in [0.05, 0.1) is 13.2 Å². The van der Waals surface area contributed by atoms with Crippen molar-refractivity contribution in [3.63, 3.8) is 0 Å². The molecule has 0 fully saturated rings. The van der Waals surface area contributed by atoms with Crippen molar-refractivity contribution < 1.29 is 42.9 Å². The number of benzene rings is 1. The van der Waals surface area contributed by atoms with Gasteiger partial charge in [-0.2, -0.15) is 0 Å². The lowest BCUT2D eigenvalue weighted by atomic mass is 10.2. The van der Waals surface area contributed by atoms with Crippen molar-refractivity contribution in [2.45, 2.75) is 59.0 Å². The summed E-state index contributed by atoms with van der Waals surface area (Å²) in [6, 6.07) is 8.23. The minimum absolute atomic E-state index is 0.0650. The van der Waals surface area contributed by atoms with Crippen molar-refractivity contribution in [3.8, 4) is 0 Å². The summed E-state index contributed by atoms with van der Waals surface area (Å²) in [5.41, 5.74) is 0.874. The van der Waals surface area contributed by atoms with Crippen LogP contribution in [0.5, 0.6) is 0 Å². The Morgan fingerprint density at radius 1 is 1.00 bits per heavy atom. The molecule has 0 bridgehead atoms. The fourth-order valence-electron chi connectivity index (χ4n) is 2.17. The average Bonchev–Trinajstić information content (AvgIpc) is 2.69. The third kappa shape index (κ3) is 11.5. The van der Waals surface area contributed by atoms with Crippen molar-refractivity contribution in [2.75, 3.05) is 13.2 Å². The number of rotatable bonds is 11.